The molecular formula is C59H38N2. The van der Waals surface area contributed by atoms with Gasteiger partial charge in [0, 0.05) is 23.5 Å². The minimum absolute atomic E-state index is 0.982. The van der Waals surface area contributed by atoms with Crippen LogP contribution in [0.4, 0.5) is 0 Å². The van der Waals surface area contributed by atoms with Gasteiger partial charge in [-0.1, -0.05) is 170 Å². The monoisotopic (exact) mass is 774 g/mol. The van der Waals surface area contributed by atoms with Crippen molar-refractivity contribution in [3.8, 4) is 27.9 Å². The lowest BCUT2D eigenvalue weighted by Gasteiger charge is -2.19. The summed E-state index contributed by atoms with van der Waals surface area (Å²) >= 11 is 0. The number of benzene rings is 8. The van der Waals surface area contributed by atoms with Crippen LogP contribution >= 0.6 is 0 Å². The van der Waals surface area contributed by atoms with Crippen molar-refractivity contribution in [3.63, 3.8) is 0 Å². The molecule has 0 spiro atoms. The molecule has 8 aromatic carbocycles. The number of pyridine rings is 1. The molecule has 12 rings (SSSR count). The first-order valence-corrected chi connectivity index (χ1v) is 20.9. The van der Waals surface area contributed by atoms with Crippen molar-refractivity contribution < 1.29 is 0 Å². The molecule has 0 N–H and O–H groups in total. The SMILES string of the molecule is c1ccc(C2=C(c3ccccc3)C(c3ccc4ccn(-c5ccccc5)c4c3)=C3C2=C(c2ccc4cccnc4c2)c2cc(-c4ccccc4)c(-c4ccccc4)cc23)cc1. The van der Waals surface area contributed by atoms with Gasteiger partial charge in [-0.2, -0.15) is 0 Å². The van der Waals surface area contributed by atoms with Crippen LogP contribution in [0.15, 0.2) is 236 Å². The number of aromatic nitrogens is 2. The Morgan fingerprint density at radius 2 is 0.787 bits per heavy atom. The van der Waals surface area contributed by atoms with Gasteiger partial charge in [0.1, 0.15) is 0 Å². The van der Waals surface area contributed by atoms with Crippen molar-refractivity contribution in [2.24, 2.45) is 0 Å². The van der Waals surface area contributed by atoms with Crippen molar-refractivity contribution in [3.05, 3.63) is 270 Å². The molecule has 10 aromatic rings. The highest BCUT2D eigenvalue weighted by atomic mass is 15.0. The molecule has 284 valence electrons. The Labute approximate surface area is 355 Å². The predicted molar refractivity (Wildman–Crippen MR) is 255 cm³/mol. The smallest absolute Gasteiger partial charge is 0.0708 e. The Morgan fingerprint density at radius 1 is 0.295 bits per heavy atom. The van der Waals surface area contributed by atoms with Crippen LogP contribution in [-0.2, 0) is 0 Å². The summed E-state index contributed by atoms with van der Waals surface area (Å²) in [6.45, 7) is 0. The van der Waals surface area contributed by atoms with Gasteiger partial charge in [-0.05, 0) is 143 Å². The van der Waals surface area contributed by atoms with E-state index in [-0.39, 0.29) is 0 Å². The minimum atomic E-state index is 0.982. The van der Waals surface area contributed by atoms with Crippen molar-refractivity contribution in [2.75, 3.05) is 0 Å². The van der Waals surface area contributed by atoms with Crippen LogP contribution < -0.4 is 0 Å². The number of fused-ring (bicyclic) bond motifs is 5. The summed E-state index contributed by atoms with van der Waals surface area (Å²) in [6, 6.07) is 79.6. The van der Waals surface area contributed by atoms with Gasteiger partial charge in [0.15, 0.2) is 0 Å². The van der Waals surface area contributed by atoms with Crippen LogP contribution in [0.5, 0.6) is 0 Å². The summed E-state index contributed by atoms with van der Waals surface area (Å²) < 4.78 is 2.32. The normalized spacial score (nSPS) is 13.4. The van der Waals surface area contributed by atoms with E-state index >= 15 is 0 Å². The van der Waals surface area contributed by atoms with E-state index in [0.717, 1.165) is 22.2 Å². The molecule has 2 aromatic heterocycles. The average molecular weight is 775 g/mol. The molecule has 0 fully saturated rings. The van der Waals surface area contributed by atoms with Crippen molar-refractivity contribution in [2.45, 2.75) is 0 Å². The van der Waals surface area contributed by atoms with Crippen LogP contribution in [0.1, 0.15) is 33.4 Å². The molecule has 2 heterocycles. The van der Waals surface area contributed by atoms with E-state index in [1.807, 2.05) is 12.3 Å². The molecule has 0 unspecified atom stereocenters. The predicted octanol–water partition coefficient (Wildman–Crippen LogP) is 14.9. The standard InChI is InChI=1S/C59H38N2/c1-6-17-39(18-7-1)48-37-50-51(38-49(48)40-19-8-2-9-20-40)58-57(46-31-29-42-32-34-61(53(42)36-46)47-26-14-5-15-27-47)55(43-21-10-3-11-22-43)56(44-23-12-4-13-24-44)59(58)54(50)45-30-28-41-25-16-33-60-52(41)35-45/h1-38H. The lowest BCUT2D eigenvalue weighted by atomic mass is 9.84. The Morgan fingerprint density at radius 3 is 1.39 bits per heavy atom. The van der Waals surface area contributed by atoms with Crippen molar-refractivity contribution in [1.82, 2.24) is 9.55 Å². The molecule has 2 nitrogen and oxygen atoms in total. The van der Waals surface area contributed by atoms with Crippen LogP contribution in [0.2, 0.25) is 0 Å². The summed E-state index contributed by atoms with van der Waals surface area (Å²) in [5, 5.41) is 2.33. The molecule has 0 radical (unpaired) electrons. The van der Waals surface area contributed by atoms with Gasteiger partial charge in [0.25, 0.3) is 0 Å². The number of allylic oxidation sites excluding steroid dienone is 5. The zero-order valence-corrected chi connectivity index (χ0v) is 33.3. The highest BCUT2D eigenvalue weighted by Gasteiger charge is 2.41. The van der Waals surface area contributed by atoms with Gasteiger partial charge in [-0.25, -0.2) is 0 Å². The van der Waals surface area contributed by atoms with E-state index in [1.165, 1.54) is 94.4 Å². The molecule has 0 saturated heterocycles. The Kier molecular flexibility index (Phi) is 8.21. The van der Waals surface area contributed by atoms with Crippen LogP contribution in [0, 0.1) is 0 Å². The fourth-order valence-corrected chi connectivity index (χ4v) is 9.70. The van der Waals surface area contributed by atoms with Crippen LogP contribution in [-0.4, -0.2) is 9.55 Å². The molecular weight excluding hydrogens is 737 g/mol. The van der Waals surface area contributed by atoms with Gasteiger partial charge < -0.3 is 4.57 Å². The van der Waals surface area contributed by atoms with Crippen LogP contribution in [0.3, 0.4) is 0 Å². The highest BCUT2D eigenvalue weighted by Crippen LogP contribution is 2.62. The van der Waals surface area contributed by atoms with E-state index < -0.39 is 0 Å². The topological polar surface area (TPSA) is 17.8 Å². The first kappa shape index (κ1) is 34.9. The van der Waals surface area contributed by atoms with Crippen molar-refractivity contribution >= 4 is 49.7 Å². The third-order valence-corrected chi connectivity index (χ3v) is 12.4. The molecule has 0 amide bonds. The highest BCUT2D eigenvalue weighted by molar-refractivity contribution is 6.39. The third kappa shape index (κ3) is 5.76. The van der Waals surface area contributed by atoms with Gasteiger partial charge in [0.2, 0.25) is 0 Å². The average Bonchev–Trinajstić information content (AvgIpc) is 4.02. The second-order valence-electron chi connectivity index (χ2n) is 15.9. The third-order valence-electron chi connectivity index (χ3n) is 12.4. The molecule has 0 bridgehead atoms. The molecule has 0 atom stereocenters. The lowest BCUT2D eigenvalue weighted by molar-refractivity contribution is 1.13. The number of para-hydroxylation sites is 1. The molecule has 2 heteroatoms. The molecule has 2 aliphatic rings. The molecule has 61 heavy (non-hydrogen) atoms. The van der Waals surface area contributed by atoms with Crippen LogP contribution in [0.25, 0.3) is 77.6 Å². The number of hydrogen-bond donors (Lipinski definition) is 0. The Hall–Kier alpha value is -8.07. The first-order valence-electron chi connectivity index (χ1n) is 20.9. The molecule has 0 saturated carbocycles. The van der Waals surface area contributed by atoms with E-state index in [0.29, 0.717) is 0 Å². The fourth-order valence-electron chi connectivity index (χ4n) is 9.70. The number of nitrogens with zero attached hydrogens (tertiary/aromatic N) is 2. The Balaban J connectivity index is 1.26. The quantitative estimate of drug-likeness (QED) is 0.158. The first-order chi connectivity index (χ1) is 30.3. The number of hydrogen-bond acceptors (Lipinski definition) is 1. The molecule has 2 aliphatic carbocycles. The van der Waals surface area contributed by atoms with Gasteiger partial charge in [-0.3, -0.25) is 4.98 Å². The lowest BCUT2D eigenvalue weighted by Crippen LogP contribution is -1.98. The van der Waals surface area contributed by atoms with Gasteiger partial charge >= 0.3 is 0 Å². The summed E-state index contributed by atoms with van der Waals surface area (Å²) in [7, 11) is 0. The molecule has 0 aliphatic heterocycles. The van der Waals surface area contributed by atoms with E-state index in [4.69, 9.17) is 4.98 Å². The summed E-state index contributed by atoms with van der Waals surface area (Å²) in [5.41, 5.74) is 22.7. The van der Waals surface area contributed by atoms with Gasteiger partial charge in [0.05, 0.1) is 11.0 Å². The van der Waals surface area contributed by atoms with E-state index in [9.17, 15) is 0 Å². The van der Waals surface area contributed by atoms with E-state index in [2.05, 4.69) is 223 Å². The zero-order chi connectivity index (χ0) is 40.3. The second-order valence-corrected chi connectivity index (χ2v) is 15.9. The largest absolute Gasteiger partial charge is 0.317 e. The minimum Gasteiger partial charge on any atom is -0.317 e. The maximum Gasteiger partial charge on any atom is 0.0708 e. The van der Waals surface area contributed by atoms with Gasteiger partial charge in [-0.15, -0.1) is 0 Å². The Bertz CT molecular complexity index is 3410. The van der Waals surface area contributed by atoms with E-state index in [1.54, 1.807) is 0 Å². The fraction of sp³-hybridized carbons (Fsp3) is 0. The maximum atomic E-state index is 4.88. The summed E-state index contributed by atoms with van der Waals surface area (Å²) in [5.74, 6) is 0. The summed E-state index contributed by atoms with van der Waals surface area (Å²) in [6.07, 6.45) is 4.09. The summed E-state index contributed by atoms with van der Waals surface area (Å²) in [4.78, 5) is 4.88. The zero-order valence-electron chi connectivity index (χ0n) is 33.3. The second kappa shape index (κ2) is 14.3. The van der Waals surface area contributed by atoms with Crippen molar-refractivity contribution in [1.29, 1.82) is 0 Å². The maximum absolute atomic E-state index is 4.88. The number of rotatable bonds is 7.